The largest absolute Gasteiger partial charge is 0.507 e. The topological polar surface area (TPSA) is 94.5 Å². The van der Waals surface area contributed by atoms with Gasteiger partial charge >= 0.3 is 0 Å². The molecule has 1 saturated heterocycles. The fourth-order valence-corrected chi connectivity index (χ4v) is 4.72. The summed E-state index contributed by atoms with van der Waals surface area (Å²) in [4.78, 5) is 28.1. The van der Waals surface area contributed by atoms with Crippen LogP contribution >= 0.6 is 0 Å². The van der Waals surface area contributed by atoms with Gasteiger partial charge in [0.05, 0.1) is 45.1 Å². The highest BCUT2D eigenvalue weighted by atomic mass is 16.5. The number of aryl methyl sites for hydroxylation is 2. The normalized spacial score (nSPS) is 16.4. The van der Waals surface area contributed by atoms with E-state index in [4.69, 9.17) is 18.9 Å². The number of carbonyl (C=O) groups excluding carboxylic acids is 2. The third kappa shape index (κ3) is 5.16. The molecule has 198 valence electrons. The highest BCUT2D eigenvalue weighted by molar-refractivity contribution is 6.46. The average molecular weight is 518 g/mol. The molecular formula is C30H31NO7. The molecule has 1 atom stereocenters. The summed E-state index contributed by atoms with van der Waals surface area (Å²) in [7, 11) is 4.65. The minimum absolute atomic E-state index is 0.00656. The number of amides is 1. The number of methoxy groups -OCH3 is 3. The molecule has 4 rings (SSSR count). The van der Waals surface area contributed by atoms with Gasteiger partial charge in [-0.05, 0) is 73.0 Å². The van der Waals surface area contributed by atoms with Gasteiger partial charge in [-0.25, -0.2) is 0 Å². The second-order valence-electron chi connectivity index (χ2n) is 8.95. The molecule has 1 aliphatic rings. The van der Waals surface area contributed by atoms with Crippen LogP contribution in [-0.2, 0) is 9.59 Å². The fourth-order valence-electron chi connectivity index (χ4n) is 4.72. The van der Waals surface area contributed by atoms with Crippen molar-refractivity contribution in [1.82, 2.24) is 4.90 Å². The first-order chi connectivity index (χ1) is 18.3. The summed E-state index contributed by atoms with van der Waals surface area (Å²) in [6.45, 7) is 4.00. The van der Waals surface area contributed by atoms with E-state index in [2.05, 4.69) is 0 Å². The van der Waals surface area contributed by atoms with Crippen molar-refractivity contribution in [3.05, 3.63) is 88.5 Å². The predicted molar refractivity (Wildman–Crippen MR) is 143 cm³/mol. The lowest BCUT2D eigenvalue weighted by Crippen LogP contribution is -2.33. The molecule has 0 radical (unpaired) electrons. The molecule has 0 aromatic heterocycles. The van der Waals surface area contributed by atoms with Crippen LogP contribution in [0.4, 0.5) is 0 Å². The van der Waals surface area contributed by atoms with Crippen LogP contribution in [-0.4, -0.2) is 56.2 Å². The van der Waals surface area contributed by atoms with Crippen molar-refractivity contribution < 1.29 is 33.6 Å². The van der Waals surface area contributed by atoms with Crippen LogP contribution in [0.15, 0.2) is 66.2 Å². The second-order valence-corrected chi connectivity index (χ2v) is 8.95. The molecule has 38 heavy (non-hydrogen) atoms. The summed E-state index contributed by atoms with van der Waals surface area (Å²) in [5.41, 5.74) is 2.69. The zero-order valence-corrected chi connectivity index (χ0v) is 22.1. The molecule has 3 aromatic rings. The SMILES string of the molecule is COc1ccc(OCCN2C(=O)C(=O)/C(=C(/O)c3cc(C)cc(C)c3OC)C2c2ccc(OC)cc2)cc1. The first-order valence-electron chi connectivity index (χ1n) is 12.1. The zero-order chi connectivity index (χ0) is 27.4. The Morgan fingerprint density at radius 1 is 0.842 bits per heavy atom. The van der Waals surface area contributed by atoms with Crippen molar-refractivity contribution in [2.45, 2.75) is 19.9 Å². The number of aliphatic hydroxyl groups is 1. The minimum atomic E-state index is -0.828. The van der Waals surface area contributed by atoms with E-state index in [0.29, 0.717) is 34.1 Å². The Labute approximate surface area is 222 Å². The summed E-state index contributed by atoms with van der Waals surface area (Å²) in [6, 6.07) is 17.0. The van der Waals surface area contributed by atoms with Gasteiger partial charge in [0, 0.05) is 0 Å². The van der Waals surface area contributed by atoms with Crippen LogP contribution < -0.4 is 18.9 Å². The lowest BCUT2D eigenvalue weighted by atomic mass is 9.93. The van der Waals surface area contributed by atoms with Crippen molar-refractivity contribution in [2.75, 3.05) is 34.5 Å². The maximum absolute atomic E-state index is 13.4. The van der Waals surface area contributed by atoms with Gasteiger partial charge in [-0.3, -0.25) is 9.59 Å². The second kappa shape index (κ2) is 11.3. The van der Waals surface area contributed by atoms with Gasteiger partial charge in [-0.15, -0.1) is 0 Å². The third-order valence-electron chi connectivity index (χ3n) is 6.51. The Morgan fingerprint density at radius 3 is 2.00 bits per heavy atom. The molecule has 1 aliphatic heterocycles. The molecule has 8 heteroatoms. The number of likely N-dealkylation sites (tertiary alicyclic amines) is 1. The fraction of sp³-hybridized carbons (Fsp3) is 0.267. The summed E-state index contributed by atoms with van der Waals surface area (Å²) < 4.78 is 21.8. The standard InChI is InChI=1S/C30H31NO7/c1-18-16-19(2)29(37-5)24(17-18)27(32)25-26(20-6-8-21(35-3)9-7-20)31(30(34)28(25)33)14-15-38-23-12-10-22(36-4)11-13-23/h6-13,16-17,26,32H,14-15H2,1-5H3/b27-25+. The summed E-state index contributed by atoms with van der Waals surface area (Å²) >= 11 is 0. The number of rotatable bonds is 9. The Morgan fingerprint density at radius 2 is 1.42 bits per heavy atom. The molecule has 8 nitrogen and oxygen atoms in total. The van der Waals surface area contributed by atoms with Gasteiger partial charge in [0.15, 0.2) is 0 Å². The summed E-state index contributed by atoms with van der Waals surface area (Å²) in [5.74, 6) is 0.599. The first kappa shape index (κ1) is 26.6. The van der Waals surface area contributed by atoms with Crippen molar-refractivity contribution in [1.29, 1.82) is 0 Å². The van der Waals surface area contributed by atoms with Gasteiger partial charge in [-0.2, -0.15) is 0 Å². The van der Waals surface area contributed by atoms with Crippen LogP contribution in [0.2, 0.25) is 0 Å². The molecule has 0 spiro atoms. The number of benzene rings is 3. The predicted octanol–water partition coefficient (Wildman–Crippen LogP) is 4.83. The van der Waals surface area contributed by atoms with Crippen molar-refractivity contribution in [3.8, 4) is 23.0 Å². The molecule has 1 amide bonds. The van der Waals surface area contributed by atoms with E-state index in [0.717, 1.165) is 11.1 Å². The maximum Gasteiger partial charge on any atom is 0.295 e. The average Bonchev–Trinajstić information content (AvgIpc) is 3.17. The molecule has 1 heterocycles. The number of ether oxygens (including phenoxy) is 4. The Hall–Kier alpha value is -4.46. The highest BCUT2D eigenvalue weighted by Gasteiger charge is 2.46. The minimum Gasteiger partial charge on any atom is -0.507 e. The first-order valence-corrected chi connectivity index (χ1v) is 12.1. The highest BCUT2D eigenvalue weighted by Crippen LogP contribution is 2.42. The van der Waals surface area contributed by atoms with Crippen LogP contribution in [0.1, 0.15) is 28.3 Å². The maximum atomic E-state index is 13.4. The number of hydrogen-bond donors (Lipinski definition) is 1. The van der Waals surface area contributed by atoms with Crippen molar-refractivity contribution in [3.63, 3.8) is 0 Å². The molecule has 0 aliphatic carbocycles. The summed E-state index contributed by atoms with van der Waals surface area (Å²) in [5, 5.41) is 11.5. The monoisotopic (exact) mass is 517 g/mol. The Kier molecular flexibility index (Phi) is 7.90. The van der Waals surface area contributed by atoms with Gasteiger partial charge in [0.1, 0.15) is 35.4 Å². The van der Waals surface area contributed by atoms with Gasteiger partial charge < -0.3 is 29.0 Å². The van der Waals surface area contributed by atoms with Crippen molar-refractivity contribution in [2.24, 2.45) is 0 Å². The number of hydrogen-bond acceptors (Lipinski definition) is 7. The molecule has 0 bridgehead atoms. The Balaban J connectivity index is 1.74. The molecule has 1 N–H and O–H groups in total. The van der Waals surface area contributed by atoms with Crippen molar-refractivity contribution >= 4 is 17.4 Å². The molecule has 3 aromatic carbocycles. The van der Waals surface area contributed by atoms with E-state index in [1.54, 1.807) is 68.8 Å². The molecule has 1 fully saturated rings. The van der Waals surface area contributed by atoms with Gasteiger partial charge in [0.2, 0.25) is 0 Å². The van der Waals surface area contributed by atoms with Gasteiger partial charge in [-0.1, -0.05) is 18.2 Å². The number of carbonyl (C=O) groups is 2. The van der Waals surface area contributed by atoms with Gasteiger partial charge in [0.25, 0.3) is 11.7 Å². The number of aliphatic hydroxyl groups excluding tert-OH is 1. The van der Waals surface area contributed by atoms with Crippen LogP contribution in [0.3, 0.4) is 0 Å². The van der Waals surface area contributed by atoms with E-state index >= 15 is 0 Å². The van der Waals surface area contributed by atoms with E-state index in [1.807, 2.05) is 19.9 Å². The lowest BCUT2D eigenvalue weighted by molar-refractivity contribution is -0.140. The van der Waals surface area contributed by atoms with E-state index in [1.165, 1.54) is 12.0 Å². The zero-order valence-electron chi connectivity index (χ0n) is 22.1. The summed E-state index contributed by atoms with van der Waals surface area (Å²) in [6.07, 6.45) is 0. The number of ketones is 1. The number of nitrogens with zero attached hydrogens (tertiary/aromatic N) is 1. The van der Waals surface area contributed by atoms with E-state index in [9.17, 15) is 14.7 Å². The van der Waals surface area contributed by atoms with E-state index < -0.39 is 17.7 Å². The quantitative estimate of drug-likeness (QED) is 0.247. The van der Waals surface area contributed by atoms with Crippen LogP contribution in [0, 0.1) is 13.8 Å². The molecular weight excluding hydrogens is 486 g/mol. The molecule has 0 saturated carbocycles. The Bertz CT molecular complexity index is 1360. The lowest BCUT2D eigenvalue weighted by Gasteiger charge is -2.25. The van der Waals surface area contributed by atoms with Crippen LogP contribution in [0.25, 0.3) is 5.76 Å². The smallest absolute Gasteiger partial charge is 0.295 e. The number of Topliss-reactive ketones (excluding diaryl/α,β-unsaturated/α-hetero) is 1. The third-order valence-corrected chi connectivity index (χ3v) is 6.51. The molecule has 1 unspecified atom stereocenters. The van der Waals surface area contributed by atoms with Crippen LogP contribution in [0.5, 0.6) is 23.0 Å². The van der Waals surface area contributed by atoms with E-state index in [-0.39, 0.29) is 24.5 Å².